The molecule has 2 aromatic rings. The number of ether oxygens (including phenoxy) is 1. The molecule has 5 heteroatoms. The zero-order valence-corrected chi connectivity index (χ0v) is 14.3. The van der Waals surface area contributed by atoms with E-state index in [0.717, 1.165) is 30.7 Å². The normalized spacial score (nSPS) is 26.8. The van der Waals surface area contributed by atoms with Crippen molar-refractivity contribution in [3.05, 3.63) is 47.6 Å². The Morgan fingerprint density at radius 1 is 1.29 bits per heavy atom. The van der Waals surface area contributed by atoms with Gasteiger partial charge in [-0.1, -0.05) is 48.3 Å². The van der Waals surface area contributed by atoms with Crippen molar-refractivity contribution < 1.29 is 9.26 Å². The number of fused-ring (bicyclic) bond motifs is 1. The highest BCUT2D eigenvalue weighted by atomic mass is 16.5. The molecule has 1 saturated carbocycles. The van der Waals surface area contributed by atoms with E-state index >= 15 is 0 Å². The SMILES string of the molecule is COCCc1noc(CN2C[C@@H]3CCCC[C@@]32c2ccccc2)n1. The molecule has 24 heavy (non-hydrogen) atoms. The van der Waals surface area contributed by atoms with Crippen LogP contribution in [0.25, 0.3) is 0 Å². The molecule has 1 aromatic heterocycles. The Kier molecular flexibility index (Phi) is 4.37. The van der Waals surface area contributed by atoms with Gasteiger partial charge in [0.05, 0.1) is 18.7 Å². The van der Waals surface area contributed by atoms with Gasteiger partial charge in [0.15, 0.2) is 5.82 Å². The number of methoxy groups -OCH3 is 1. The average Bonchev–Trinajstić information content (AvgIpc) is 3.06. The molecule has 0 N–H and O–H groups in total. The molecule has 4 rings (SSSR count). The number of nitrogens with zero attached hydrogens (tertiary/aromatic N) is 3. The van der Waals surface area contributed by atoms with Gasteiger partial charge in [0.1, 0.15) is 0 Å². The zero-order valence-electron chi connectivity index (χ0n) is 14.3. The summed E-state index contributed by atoms with van der Waals surface area (Å²) in [4.78, 5) is 7.07. The van der Waals surface area contributed by atoms with E-state index in [9.17, 15) is 0 Å². The first-order valence-electron chi connectivity index (χ1n) is 8.94. The van der Waals surface area contributed by atoms with Gasteiger partial charge in [-0.2, -0.15) is 4.98 Å². The standard InChI is InChI=1S/C19H25N3O2/c1-23-12-10-17-20-18(24-21-17)14-22-13-16-9-5-6-11-19(16,22)15-7-3-2-4-8-15/h2-4,7-8,16H,5-6,9-14H2,1H3/t16-,19+/m0/s1. The molecule has 1 saturated heterocycles. The first-order valence-corrected chi connectivity index (χ1v) is 8.94. The molecular weight excluding hydrogens is 302 g/mol. The molecule has 0 unspecified atom stereocenters. The van der Waals surface area contributed by atoms with Crippen molar-refractivity contribution in [1.82, 2.24) is 15.0 Å². The first-order chi connectivity index (χ1) is 11.8. The topological polar surface area (TPSA) is 51.4 Å². The van der Waals surface area contributed by atoms with Crippen molar-refractivity contribution in [2.45, 2.75) is 44.2 Å². The van der Waals surface area contributed by atoms with Gasteiger partial charge in [-0.25, -0.2) is 0 Å². The Hall–Kier alpha value is -1.72. The maximum atomic E-state index is 5.47. The van der Waals surface area contributed by atoms with Gasteiger partial charge in [0, 0.05) is 20.1 Å². The van der Waals surface area contributed by atoms with Crippen molar-refractivity contribution in [2.24, 2.45) is 5.92 Å². The number of aromatic nitrogens is 2. The summed E-state index contributed by atoms with van der Waals surface area (Å²) in [5, 5.41) is 4.07. The highest BCUT2D eigenvalue weighted by Gasteiger charge is 2.55. The second-order valence-electron chi connectivity index (χ2n) is 6.96. The highest BCUT2D eigenvalue weighted by Crippen LogP contribution is 2.54. The van der Waals surface area contributed by atoms with E-state index in [-0.39, 0.29) is 5.54 Å². The summed E-state index contributed by atoms with van der Waals surface area (Å²) in [7, 11) is 1.69. The van der Waals surface area contributed by atoms with Crippen molar-refractivity contribution in [3.8, 4) is 0 Å². The molecule has 0 radical (unpaired) electrons. The molecular formula is C19H25N3O2. The molecule has 0 amide bonds. The third-order valence-electron chi connectivity index (χ3n) is 5.68. The second kappa shape index (κ2) is 6.65. The molecule has 1 aromatic carbocycles. The molecule has 0 spiro atoms. The Balaban J connectivity index is 1.53. The molecule has 2 aliphatic rings. The Labute approximate surface area is 143 Å². The number of hydrogen-bond donors (Lipinski definition) is 0. The molecule has 1 aliphatic carbocycles. The summed E-state index contributed by atoms with van der Waals surface area (Å²) < 4.78 is 10.6. The zero-order chi connectivity index (χ0) is 16.4. The molecule has 2 fully saturated rings. The van der Waals surface area contributed by atoms with E-state index in [1.54, 1.807) is 7.11 Å². The lowest BCUT2D eigenvalue weighted by Crippen LogP contribution is -2.65. The van der Waals surface area contributed by atoms with Gasteiger partial charge in [0.2, 0.25) is 5.89 Å². The Bertz CT molecular complexity index is 672. The Morgan fingerprint density at radius 3 is 2.96 bits per heavy atom. The number of likely N-dealkylation sites (tertiary alicyclic amines) is 1. The van der Waals surface area contributed by atoms with E-state index in [2.05, 4.69) is 45.4 Å². The monoisotopic (exact) mass is 327 g/mol. The fourth-order valence-electron chi connectivity index (χ4n) is 4.51. The molecule has 128 valence electrons. The van der Waals surface area contributed by atoms with Gasteiger partial charge in [-0.3, -0.25) is 4.90 Å². The maximum Gasteiger partial charge on any atom is 0.240 e. The second-order valence-corrected chi connectivity index (χ2v) is 6.96. The summed E-state index contributed by atoms with van der Waals surface area (Å²) >= 11 is 0. The van der Waals surface area contributed by atoms with Gasteiger partial charge < -0.3 is 9.26 Å². The van der Waals surface area contributed by atoms with Crippen LogP contribution >= 0.6 is 0 Å². The van der Waals surface area contributed by atoms with Gasteiger partial charge in [0.25, 0.3) is 0 Å². The van der Waals surface area contributed by atoms with Gasteiger partial charge in [-0.15, -0.1) is 0 Å². The molecule has 0 bridgehead atoms. The lowest BCUT2D eigenvalue weighted by molar-refractivity contribution is -0.125. The van der Waals surface area contributed by atoms with Gasteiger partial charge in [-0.05, 0) is 24.3 Å². The largest absolute Gasteiger partial charge is 0.384 e. The quantitative estimate of drug-likeness (QED) is 0.816. The van der Waals surface area contributed by atoms with Crippen molar-refractivity contribution in [1.29, 1.82) is 0 Å². The van der Waals surface area contributed by atoms with Crippen LogP contribution < -0.4 is 0 Å². The van der Waals surface area contributed by atoms with Crippen LogP contribution in [-0.2, 0) is 23.2 Å². The summed E-state index contributed by atoms with van der Waals surface area (Å²) in [5.74, 6) is 2.21. The minimum absolute atomic E-state index is 0.167. The number of benzene rings is 1. The fourth-order valence-corrected chi connectivity index (χ4v) is 4.51. The number of hydrogen-bond acceptors (Lipinski definition) is 5. The van der Waals surface area contributed by atoms with E-state index in [0.29, 0.717) is 13.0 Å². The van der Waals surface area contributed by atoms with Crippen molar-refractivity contribution in [3.63, 3.8) is 0 Å². The molecule has 1 aliphatic heterocycles. The van der Waals surface area contributed by atoms with Crippen LogP contribution in [0.1, 0.15) is 43.0 Å². The van der Waals surface area contributed by atoms with Crippen molar-refractivity contribution >= 4 is 0 Å². The van der Waals surface area contributed by atoms with E-state index in [1.165, 1.54) is 31.2 Å². The third kappa shape index (κ3) is 2.66. The van der Waals surface area contributed by atoms with Crippen LogP contribution in [0.2, 0.25) is 0 Å². The van der Waals surface area contributed by atoms with Crippen LogP contribution in [0.3, 0.4) is 0 Å². The molecule has 2 atom stereocenters. The third-order valence-corrected chi connectivity index (χ3v) is 5.68. The van der Waals surface area contributed by atoms with Crippen LogP contribution in [0, 0.1) is 5.92 Å². The van der Waals surface area contributed by atoms with Crippen LogP contribution in [0.4, 0.5) is 0 Å². The van der Waals surface area contributed by atoms with Crippen LogP contribution in [0.5, 0.6) is 0 Å². The fraction of sp³-hybridized carbons (Fsp3) is 0.579. The summed E-state index contributed by atoms with van der Waals surface area (Å²) in [6, 6.07) is 11.0. The predicted molar refractivity (Wildman–Crippen MR) is 90.4 cm³/mol. The maximum absolute atomic E-state index is 5.47. The van der Waals surface area contributed by atoms with E-state index in [4.69, 9.17) is 9.26 Å². The smallest absolute Gasteiger partial charge is 0.240 e. The lowest BCUT2D eigenvalue weighted by Gasteiger charge is -2.61. The van der Waals surface area contributed by atoms with Crippen LogP contribution in [-0.4, -0.2) is 35.3 Å². The minimum Gasteiger partial charge on any atom is -0.384 e. The number of rotatable bonds is 6. The van der Waals surface area contributed by atoms with E-state index < -0.39 is 0 Å². The predicted octanol–water partition coefficient (Wildman–Crippen LogP) is 3.16. The summed E-state index contributed by atoms with van der Waals surface area (Å²) in [5.41, 5.74) is 1.61. The Morgan fingerprint density at radius 2 is 2.17 bits per heavy atom. The molecule has 5 nitrogen and oxygen atoms in total. The minimum atomic E-state index is 0.167. The summed E-state index contributed by atoms with van der Waals surface area (Å²) in [6.07, 6.45) is 5.91. The average molecular weight is 327 g/mol. The summed E-state index contributed by atoms with van der Waals surface area (Å²) in [6.45, 7) is 2.49. The van der Waals surface area contributed by atoms with Crippen LogP contribution in [0.15, 0.2) is 34.9 Å². The van der Waals surface area contributed by atoms with Gasteiger partial charge >= 0.3 is 0 Å². The first kappa shape index (κ1) is 15.8. The highest BCUT2D eigenvalue weighted by molar-refractivity contribution is 5.30. The lowest BCUT2D eigenvalue weighted by atomic mass is 9.62. The van der Waals surface area contributed by atoms with E-state index in [1.807, 2.05) is 0 Å². The van der Waals surface area contributed by atoms with Crippen molar-refractivity contribution in [2.75, 3.05) is 20.3 Å². The molecule has 2 heterocycles.